The molecule has 1 heterocycles. The Morgan fingerprint density at radius 1 is 1.26 bits per heavy atom. The van der Waals surface area contributed by atoms with Crippen molar-refractivity contribution in [2.45, 2.75) is 12.5 Å². The average molecular weight is 367 g/mol. The van der Waals surface area contributed by atoms with Crippen LogP contribution >= 0.6 is 0 Å². The van der Waals surface area contributed by atoms with Gasteiger partial charge in [-0.15, -0.1) is 6.58 Å². The molecule has 0 radical (unpaired) electrons. The molecule has 2 aromatic carbocycles. The van der Waals surface area contributed by atoms with Crippen molar-refractivity contribution in [3.8, 4) is 0 Å². The zero-order valence-corrected chi connectivity index (χ0v) is 14.4. The van der Waals surface area contributed by atoms with Gasteiger partial charge in [0.2, 0.25) is 6.10 Å². The first kappa shape index (κ1) is 18.3. The Morgan fingerprint density at radius 2 is 2.07 bits per heavy atom. The van der Waals surface area contributed by atoms with Crippen molar-refractivity contribution in [3.05, 3.63) is 78.1 Å². The summed E-state index contributed by atoms with van der Waals surface area (Å²) >= 11 is 0. The van der Waals surface area contributed by atoms with Crippen LogP contribution in [0.2, 0.25) is 0 Å². The van der Waals surface area contributed by atoms with Crippen molar-refractivity contribution in [1.29, 1.82) is 0 Å². The molecule has 0 aliphatic carbocycles. The number of oxime groups is 1. The van der Waals surface area contributed by atoms with E-state index in [1.807, 2.05) is 0 Å². The number of nitrogens with one attached hydrogen (secondary N) is 2. The van der Waals surface area contributed by atoms with Gasteiger partial charge in [0, 0.05) is 18.5 Å². The number of carbonyl (C=O) groups is 2. The van der Waals surface area contributed by atoms with Gasteiger partial charge in [0.15, 0.2) is 0 Å². The van der Waals surface area contributed by atoms with Crippen LogP contribution in [0.15, 0.2) is 66.3 Å². The minimum Gasteiger partial charge on any atom is -0.382 e. The fourth-order valence-electron chi connectivity index (χ4n) is 2.62. The molecule has 0 fully saturated rings. The molecule has 1 aliphatic rings. The first-order chi connectivity index (χ1) is 13.1. The molecule has 2 aromatic rings. The van der Waals surface area contributed by atoms with Crippen molar-refractivity contribution in [1.82, 2.24) is 5.32 Å². The molecule has 0 aromatic heterocycles. The molecule has 0 saturated carbocycles. The van der Waals surface area contributed by atoms with Crippen LogP contribution in [0, 0.1) is 5.82 Å². The van der Waals surface area contributed by atoms with Crippen molar-refractivity contribution >= 4 is 23.2 Å². The Balaban J connectivity index is 1.67. The van der Waals surface area contributed by atoms with Gasteiger partial charge in [-0.2, -0.15) is 0 Å². The molecule has 0 bridgehead atoms. The largest absolute Gasteiger partial charge is 0.382 e. The molecule has 1 aliphatic heterocycles. The Hall–Kier alpha value is -3.48. The third-order valence-corrected chi connectivity index (χ3v) is 3.96. The maximum atomic E-state index is 13.4. The quantitative estimate of drug-likeness (QED) is 0.771. The minimum absolute atomic E-state index is 0.208. The number of carbonyl (C=O) groups excluding carboxylic acids is 2. The lowest BCUT2D eigenvalue weighted by atomic mass is 10.0. The van der Waals surface area contributed by atoms with Gasteiger partial charge < -0.3 is 15.5 Å². The lowest BCUT2D eigenvalue weighted by molar-refractivity contribution is -0.125. The van der Waals surface area contributed by atoms with Crippen LogP contribution in [0.3, 0.4) is 0 Å². The number of nitrogens with zero attached hydrogens (tertiary/aromatic N) is 1. The van der Waals surface area contributed by atoms with E-state index in [4.69, 9.17) is 4.84 Å². The maximum Gasteiger partial charge on any atom is 0.268 e. The second kappa shape index (κ2) is 8.27. The van der Waals surface area contributed by atoms with E-state index in [0.717, 1.165) is 0 Å². The number of rotatable bonds is 6. The molecule has 1 atom stereocenters. The van der Waals surface area contributed by atoms with E-state index >= 15 is 0 Å². The molecule has 7 heteroatoms. The summed E-state index contributed by atoms with van der Waals surface area (Å²) in [5.74, 6) is -1.15. The monoisotopic (exact) mass is 367 g/mol. The topological polar surface area (TPSA) is 79.8 Å². The highest BCUT2D eigenvalue weighted by Gasteiger charge is 2.29. The van der Waals surface area contributed by atoms with E-state index in [1.54, 1.807) is 42.5 Å². The molecular weight excluding hydrogens is 349 g/mol. The molecule has 27 heavy (non-hydrogen) atoms. The van der Waals surface area contributed by atoms with Gasteiger partial charge in [-0.3, -0.25) is 9.59 Å². The van der Waals surface area contributed by atoms with Crippen molar-refractivity contribution in [3.63, 3.8) is 0 Å². The Labute approximate surface area is 155 Å². The zero-order chi connectivity index (χ0) is 19.2. The number of amides is 2. The summed E-state index contributed by atoms with van der Waals surface area (Å²) in [4.78, 5) is 29.9. The van der Waals surface area contributed by atoms with Crippen LogP contribution in [-0.4, -0.2) is 30.2 Å². The predicted molar refractivity (Wildman–Crippen MR) is 100 cm³/mol. The van der Waals surface area contributed by atoms with E-state index in [0.29, 0.717) is 29.1 Å². The number of hydrogen-bond acceptors (Lipinski definition) is 4. The molecule has 0 unspecified atom stereocenters. The highest BCUT2D eigenvalue weighted by atomic mass is 19.1. The van der Waals surface area contributed by atoms with Crippen LogP contribution in [0.25, 0.3) is 0 Å². The van der Waals surface area contributed by atoms with Gasteiger partial charge in [-0.1, -0.05) is 35.5 Å². The van der Waals surface area contributed by atoms with Gasteiger partial charge in [0.1, 0.15) is 5.82 Å². The van der Waals surface area contributed by atoms with Crippen molar-refractivity contribution in [2.75, 3.05) is 11.9 Å². The summed E-state index contributed by atoms with van der Waals surface area (Å²) in [7, 11) is 0. The van der Waals surface area contributed by atoms with Gasteiger partial charge in [-0.05, 0) is 24.3 Å². The second-order valence-electron chi connectivity index (χ2n) is 5.88. The second-order valence-corrected chi connectivity index (χ2v) is 5.88. The Bertz CT molecular complexity index is 911. The highest BCUT2D eigenvalue weighted by molar-refractivity contribution is 6.08. The van der Waals surface area contributed by atoms with Crippen molar-refractivity contribution in [2.24, 2.45) is 5.16 Å². The predicted octanol–water partition coefficient (Wildman–Crippen LogP) is 2.87. The fraction of sp³-hybridized carbons (Fsp3) is 0.150. The van der Waals surface area contributed by atoms with Gasteiger partial charge in [0.05, 0.1) is 17.0 Å². The smallest absolute Gasteiger partial charge is 0.268 e. The minimum atomic E-state index is -0.854. The zero-order valence-electron chi connectivity index (χ0n) is 14.4. The van der Waals surface area contributed by atoms with E-state index in [9.17, 15) is 14.0 Å². The fourth-order valence-corrected chi connectivity index (χ4v) is 2.62. The highest BCUT2D eigenvalue weighted by Crippen LogP contribution is 2.21. The number of para-hydroxylation sites is 1. The van der Waals surface area contributed by atoms with Gasteiger partial charge in [0.25, 0.3) is 11.8 Å². The summed E-state index contributed by atoms with van der Waals surface area (Å²) < 4.78 is 13.4. The molecule has 0 saturated heterocycles. The van der Waals surface area contributed by atoms with Gasteiger partial charge in [-0.25, -0.2) is 4.39 Å². The average Bonchev–Trinajstić information content (AvgIpc) is 3.17. The van der Waals surface area contributed by atoms with Gasteiger partial charge >= 0.3 is 0 Å². The number of hydrogen-bond donors (Lipinski definition) is 2. The SMILES string of the molecule is C=CCNC(=O)c1ccccc1NC(=O)[C@H]1CC(c2cccc(F)c2)=NO1. The molecule has 138 valence electrons. The maximum absolute atomic E-state index is 13.4. The normalized spacial score (nSPS) is 15.4. The molecule has 6 nitrogen and oxygen atoms in total. The summed E-state index contributed by atoms with van der Waals surface area (Å²) in [5.41, 5.74) is 1.75. The molecule has 2 amide bonds. The number of anilines is 1. The summed E-state index contributed by atoms with van der Waals surface area (Å²) in [5, 5.41) is 9.25. The third-order valence-electron chi connectivity index (χ3n) is 3.96. The Kier molecular flexibility index (Phi) is 5.61. The summed E-state index contributed by atoms with van der Waals surface area (Å²) in [6.45, 7) is 3.87. The third kappa shape index (κ3) is 4.38. The molecule has 3 rings (SSSR count). The molecule has 2 N–H and O–H groups in total. The van der Waals surface area contributed by atoms with Crippen LogP contribution in [0.1, 0.15) is 22.3 Å². The first-order valence-electron chi connectivity index (χ1n) is 8.36. The Morgan fingerprint density at radius 3 is 2.85 bits per heavy atom. The molecule has 0 spiro atoms. The van der Waals surface area contributed by atoms with E-state index < -0.39 is 12.0 Å². The molecular formula is C20H18FN3O3. The van der Waals surface area contributed by atoms with Crippen LogP contribution in [-0.2, 0) is 9.63 Å². The van der Waals surface area contributed by atoms with Crippen LogP contribution < -0.4 is 10.6 Å². The number of benzene rings is 2. The van der Waals surface area contributed by atoms with Crippen LogP contribution in [0.4, 0.5) is 10.1 Å². The first-order valence-corrected chi connectivity index (χ1v) is 8.36. The van der Waals surface area contributed by atoms with E-state index in [2.05, 4.69) is 22.4 Å². The summed E-state index contributed by atoms with van der Waals surface area (Å²) in [6.07, 6.45) is 0.921. The van der Waals surface area contributed by atoms with E-state index in [-0.39, 0.29) is 18.1 Å². The van der Waals surface area contributed by atoms with Crippen LogP contribution in [0.5, 0.6) is 0 Å². The lowest BCUT2D eigenvalue weighted by Gasteiger charge is -2.13. The lowest BCUT2D eigenvalue weighted by Crippen LogP contribution is -2.30. The summed E-state index contributed by atoms with van der Waals surface area (Å²) in [6, 6.07) is 12.6. The standard InChI is InChI=1S/C20H18FN3O3/c1-2-10-22-19(25)15-8-3-4-9-16(15)23-20(26)18-12-17(24-27-18)13-6-5-7-14(21)11-13/h2-9,11,18H,1,10,12H2,(H,22,25)(H,23,26)/t18-/m1/s1. The van der Waals surface area contributed by atoms with Crippen molar-refractivity contribution < 1.29 is 18.8 Å². The number of halogens is 1. The van der Waals surface area contributed by atoms with E-state index in [1.165, 1.54) is 12.1 Å².